The van der Waals surface area contributed by atoms with Gasteiger partial charge in [-0.25, -0.2) is 18.6 Å². The maximum absolute atomic E-state index is 13.3. The third-order valence-electron chi connectivity index (χ3n) is 3.54. The SMILES string of the molecule is COC(=O)c1cncc(Nc2snc(C)c2C(=O)Nc2ccc(F)c(F)c2)n1. The molecule has 0 spiro atoms. The molecule has 3 aromatic rings. The fraction of sp³-hybridized carbons (Fsp3) is 0.118. The molecule has 1 amide bonds. The van der Waals surface area contributed by atoms with Crippen LogP contribution in [0.4, 0.5) is 25.3 Å². The number of esters is 1. The van der Waals surface area contributed by atoms with Crippen molar-refractivity contribution in [2.45, 2.75) is 6.92 Å². The molecule has 0 bridgehead atoms. The third-order valence-corrected chi connectivity index (χ3v) is 4.39. The predicted octanol–water partition coefficient (Wildman–Crippen LogP) is 3.30. The van der Waals surface area contributed by atoms with Gasteiger partial charge in [0.1, 0.15) is 5.00 Å². The number of amides is 1. The van der Waals surface area contributed by atoms with Crippen molar-refractivity contribution in [2.24, 2.45) is 0 Å². The molecule has 0 saturated heterocycles. The second-order valence-corrected chi connectivity index (χ2v) is 6.23. The Bertz CT molecular complexity index is 1060. The molecule has 11 heteroatoms. The monoisotopic (exact) mass is 405 g/mol. The third kappa shape index (κ3) is 4.09. The summed E-state index contributed by atoms with van der Waals surface area (Å²) in [4.78, 5) is 32.1. The van der Waals surface area contributed by atoms with Gasteiger partial charge < -0.3 is 15.4 Å². The lowest BCUT2D eigenvalue weighted by Crippen LogP contribution is -2.14. The number of benzene rings is 1. The van der Waals surface area contributed by atoms with Gasteiger partial charge in [0.25, 0.3) is 5.91 Å². The smallest absolute Gasteiger partial charge is 0.358 e. The number of nitrogens with one attached hydrogen (secondary N) is 2. The summed E-state index contributed by atoms with van der Waals surface area (Å²) in [5.41, 5.74) is 0.694. The Balaban J connectivity index is 1.84. The van der Waals surface area contributed by atoms with Gasteiger partial charge in [-0.3, -0.25) is 9.78 Å². The Labute approximate surface area is 161 Å². The van der Waals surface area contributed by atoms with Crippen molar-refractivity contribution in [1.82, 2.24) is 14.3 Å². The zero-order valence-electron chi connectivity index (χ0n) is 14.6. The van der Waals surface area contributed by atoms with Crippen LogP contribution in [-0.4, -0.2) is 33.3 Å². The molecule has 2 N–H and O–H groups in total. The van der Waals surface area contributed by atoms with Gasteiger partial charge >= 0.3 is 5.97 Å². The first-order chi connectivity index (χ1) is 13.4. The number of rotatable bonds is 5. The first kappa shape index (κ1) is 19.3. The van der Waals surface area contributed by atoms with Crippen LogP contribution in [0.5, 0.6) is 0 Å². The number of hydrogen-bond donors (Lipinski definition) is 2. The first-order valence-electron chi connectivity index (χ1n) is 7.79. The average Bonchev–Trinajstić information content (AvgIpc) is 3.04. The van der Waals surface area contributed by atoms with E-state index in [9.17, 15) is 18.4 Å². The summed E-state index contributed by atoms with van der Waals surface area (Å²) in [6.07, 6.45) is 2.60. The summed E-state index contributed by atoms with van der Waals surface area (Å²) in [5, 5.41) is 5.71. The lowest BCUT2D eigenvalue weighted by atomic mass is 10.2. The molecule has 0 aliphatic rings. The maximum atomic E-state index is 13.3. The number of carbonyl (C=O) groups is 2. The van der Waals surface area contributed by atoms with Crippen LogP contribution in [0.3, 0.4) is 0 Å². The Kier molecular flexibility index (Phi) is 5.54. The van der Waals surface area contributed by atoms with E-state index in [0.717, 1.165) is 23.7 Å². The van der Waals surface area contributed by atoms with E-state index in [-0.39, 0.29) is 22.8 Å². The Hall–Kier alpha value is -3.47. The number of aryl methyl sites for hydroxylation is 1. The zero-order chi connectivity index (χ0) is 20.3. The molecule has 2 heterocycles. The normalized spacial score (nSPS) is 10.4. The molecule has 1 aromatic carbocycles. The van der Waals surface area contributed by atoms with Crippen molar-refractivity contribution < 1.29 is 23.1 Å². The summed E-state index contributed by atoms with van der Waals surface area (Å²) in [7, 11) is 1.22. The first-order valence-corrected chi connectivity index (χ1v) is 8.56. The van der Waals surface area contributed by atoms with Crippen LogP contribution in [0.25, 0.3) is 0 Å². The summed E-state index contributed by atoms with van der Waals surface area (Å²) in [5.74, 6) is -3.12. The summed E-state index contributed by atoms with van der Waals surface area (Å²) in [6.45, 7) is 1.62. The average molecular weight is 405 g/mol. The second-order valence-electron chi connectivity index (χ2n) is 5.46. The van der Waals surface area contributed by atoms with Crippen molar-refractivity contribution in [1.29, 1.82) is 0 Å². The number of methoxy groups -OCH3 is 1. The Morgan fingerprint density at radius 1 is 1.18 bits per heavy atom. The molecule has 0 aliphatic heterocycles. The highest BCUT2D eigenvalue weighted by atomic mass is 32.1. The Morgan fingerprint density at radius 2 is 1.96 bits per heavy atom. The Morgan fingerprint density at radius 3 is 2.68 bits per heavy atom. The largest absolute Gasteiger partial charge is 0.464 e. The highest BCUT2D eigenvalue weighted by Gasteiger charge is 2.20. The van der Waals surface area contributed by atoms with Crippen LogP contribution < -0.4 is 10.6 Å². The van der Waals surface area contributed by atoms with Crippen LogP contribution in [0.1, 0.15) is 26.5 Å². The highest BCUT2D eigenvalue weighted by Crippen LogP contribution is 2.28. The lowest BCUT2D eigenvalue weighted by Gasteiger charge is -2.09. The molecule has 8 nitrogen and oxygen atoms in total. The van der Waals surface area contributed by atoms with Crippen LogP contribution in [0, 0.1) is 18.6 Å². The number of aromatic nitrogens is 3. The summed E-state index contributed by atoms with van der Waals surface area (Å²) < 4.78 is 35.1. The van der Waals surface area contributed by atoms with Gasteiger partial charge in [0, 0.05) is 11.8 Å². The minimum absolute atomic E-state index is 0.0125. The van der Waals surface area contributed by atoms with Gasteiger partial charge in [-0.1, -0.05) is 0 Å². The molecular formula is C17H13F2N5O3S. The quantitative estimate of drug-likeness (QED) is 0.627. The fourth-order valence-electron chi connectivity index (χ4n) is 2.24. The molecule has 3 rings (SSSR count). The topological polar surface area (TPSA) is 106 Å². The van der Waals surface area contributed by atoms with E-state index in [1.54, 1.807) is 6.92 Å². The van der Waals surface area contributed by atoms with E-state index in [4.69, 9.17) is 0 Å². The molecule has 0 fully saturated rings. The number of ether oxygens (including phenoxy) is 1. The van der Waals surface area contributed by atoms with Gasteiger partial charge in [0.2, 0.25) is 0 Å². The van der Waals surface area contributed by atoms with Gasteiger partial charge in [0.15, 0.2) is 23.1 Å². The van der Waals surface area contributed by atoms with Crippen molar-refractivity contribution in [2.75, 3.05) is 17.7 Å². The van der Waals surface area contributed by atoms with E-state index < -0.39 is 23.5 Å². The highest BCUT2D eigenvalue weighted by molar-refractivity contribution is 7.10. The number of halogens is 2. The number of carbonyl (C=O) groups excluding carboxylic acids is 2. The molecule has 28 heavy (non-hydrogen) atoms. The van der Waals surface area contributed by atoms with E-state index in [1.165, 1.54) is 25.6 Å². The molecule has 0 saturated carbocycles. The summed E-state index contributed by atoms with van der Waals surface area (Å²) in [6, 6.07) is 3.03. The fourth-order valence-corrected chi connectivity index (χ4v) is 3.04. The van der Waals surface area contributed by atoms with Gasteiger partial charge in [-0.2, -0.15) is 4.37 Å². The van der Waals surface area contributed by atoms with Crippen LogP contribution in [0.2, 0.25) is 0 Å². The van der Waals surface area contributed by atoms with Crippen molar-refractivity contribution >= 4 is 39.9 Å². The predicted molar refractivity (Wildman–Crippen MR) is 97.8 cm³/mol. The van der Waals surface area contributed by atoms with E-state index in [1.807, 2.05) is 0 Å². The van der Waals surface area contributed by atoms with Gasteiger partial charge in [0.05, 0.1) is 30.8 Å². The minimum Gasteiger partial charge on any atom is -0.464 e. The number of hydrogen-bond acceptors (Lipinski definition) is 8. The van der Waals surface area contributed by atoms with Crippen molar-refractivity contribution in [3.8, 4) is 0 Å². The molecule has 0 aliphatic carbocycles. The lowest BCUT2D eigenvalue weighted by molar-refractivity contribution is 0.0593. The maximum Gasteiger partial charge on any atom is 0.358 e. The van der Waals surface area contributed by atoms with Crippen LogP contribution in [-0.2, 0) is 4.74 Å². The second kappa shape index (κ2) is 8.05. The molecular weight excluding hydrogens is 392 g/mol. The van der Waals surface area contributed by atoms with Crippen LogP contribution in [0.15, 0.2) is 30.6 Å². The van der Waals surface area contributed by atoms with Gasteiger partial charge in [-0.15, -0.1) is 0 Å². The van der Waals surface area contributed by atoms with Gasteiger partial charge in [-0.05, 0) is 30.6 Å². The van der Waals surface area contributed by atoms with Crippen molar-refractivity contribution in [3.63, 3.8) is 0 Å². The van der Waals surface area contributed by atoms with Crippen molar-refractivity contribution in [3.05, 3.63) is 59.2 Å². The molecule has 144 valence electrons. The minimum atomic E-state index is -1.08. The zero-order valence-corrected chi connectivity index (χ0v) is 15.4. The number of anilines is 3. The molecule has 0 radical (unpaired) electrons. The molecule has 2 aromatic heterocycles. The molecule has 0 unspecified atom stereocenters. The standard InChI is InChI=1S/C17H13F2N5O3S/c1-8-14(15(25)21-9-3-4-10(18)11(19)5-9)16(28-24-8)23-13-7-20-6-12(22-13)17(26)27-2/h3-7H,1-2H3,(H,21,25)(H,22,23). The summed E-state index contributed by atoms with van der Waals surface area (Å²) >= 11 is 0.996. The number of nitrogens with zero attached hydrogens (tertiary/aromatic N) is 3. The van der Waals surface area contributed by atoms with E-state index in [2.05, 4.69) is 29.7 Å². The molecule has 0 atom stereocenters. The van der Waals surface area contributed by atoms with E-state index >= 15 is 0 Å². The van der Waals surface area contributed by atoms with E-state index in [0.29, 0.717) is 10.7 Å². The van der Waals surface area contributed by atoms with Crippen LogP contribution >= 0.6 is 11.5 Å².